The van der Waals surface area contributed by atoms with E-state index in [0.29, 0.717) is 16.9 Å². The zero-order valence-electron chi connectivity index (χ0n) is 17.0. The Balaban J connectivity index is 1.33. The number of aromatic nitrogens is 2. The number of anilines is 1. The predicted octanol–water partition coefficient (Wildman–Crippen LogP) is 2.98. The lowest BCUT2D eigenvalue weighted by Crippen LogP contribution is -2.50. The Labute approximate surface area is 178 Å². The zero-order chi connectivity index (χ0) is 21.5. The number of aromatic amines is 1. The van der Waals surface area contributed by atoms with Crippen molar-refractivity contribution in [2.45, 2.75) is 50.2 Å². The van der Waals surface area contributed by atoms with Gasteiger partial charge in [0.05, 0.1) is 17.7 Å². The van der Waals surface area contributed by atoms with E-state index in [-0.39, 0.29) is 36.3 Å². The molecule has 7 nitrogen and oxygen atoms in total. The fourth-order valence-corrected chi connectivity index (χ4v) is 5.12. The van der Waals surface area contributed by atoms with Gasteiger partial charge in [-0.05, 0) is 49.4 Å². The first-order chi connectivity index (χ1) is 15.0. The van der Waals surface area contributed by atoms with Gasteiger partial charge in [0.25, 0.3) is 5.91 Å². The second kappa shape index (κ2) is 7.68. The monoisotopic (exact) mass is 421 g/mol. The summed E-state index contributed by atoms with van der Waals surface area (Å²) >= 11 is 0. The van der Waals surface area contributed by atoms with Crippen LogP contribution in [-0.4, -0.2) is 44.8 Å². The van der Waals surface area contributed by atoms with Crippen molar-refractivity contribution in [3.8, 4) is 0 Å². The first-order valence-corrected chi connectivity index (χ1v) is 10.6. The Morgan fingerprint density at radius 2 is 1.87 bits per heavy atom. The average Bonchev–Trinajstić information content (AvgIpc) is 3.32. The van der Waals surface area contributed by atoms with Gasteiger partial charge in [-0.3, -0.25) is 9.59 Å². The molecule has 2 amide bonds. The number of H-pyrrole nitrogens is 1. The van der Waals surface area contributed by atoms with E-state index in [4.69, 9.17) is 5.73 Å². The van der Waals surface area contributed by atoms with Crippen molar-refractivity contribution < 1.29 is 14.0 Å². The summed E-state index contributed by atoms with van der Waals surface area (Å²) in [5.41, 5.74) is 8.18. The van der Waals surface area contributed by atoms with Crippen LogP contribution in [-0.2, 0) is 11.2 Å². The lowest BCUT2D eigenvalue weighted by Gasteiger charge is -2.40. The van der Waals surface area contributed by atoms with Crippen LogP contribution in [0.3, 0.4) is 0 Å². The lowest BCUT2D eigenvalue weighted by atomic mass is 9.95. The lowest BCUT2D eigenvalue weighted by molar-refractivity contribution is -0.134. The van der Waals surface area contributed by atoms with Gasteiger partial charge >= 0.3 is 0 Å². The van der Waals surface area contributed by atoms with E-state index < -0.39 is 5.91 Å². The molecular formula is C23H24FN5O2. The van der Waals surface area contributed by atoms with E-state index in [2.05, 4.69) is 15.3 Å². The predicted molar refractivity (Wildman–Crippen MR) is 115 cm³/mol. The minimum atomic E-state index is -0.520. The van der Waals surface area contributed by atoms with E-state index in [0.717, 1.165) is 36.6 Å². The molecule has 3 atom stereocenters. The fraction of sp³-hybridized carbons (Fsp3) is 0.348. The number of benzene rings is 1. The molecule has 0 saturated carbocycles. The Morgan fingerprint density at radius 1 is 1.16 bits per heavy atom. The molecule has 2 fully saturated rings. The third kappa shape index (κ3) is 3.62. The van der Waals surface area contributed by atoms with Gasteiger partial charge in [0.1, 0.15) is 11.5 Å². The number of primary amides is 1. The fourth-order valence-electron chi connectivity index (χ4n) is 5.12. The molecule has 3 aromatic rings. The van der Waals surface area contributed by atoms with Gasteiger partial charge in [-0.25, -0.2) is 9.37 Å². The number of rotatable bonds is 5. The number of piperidine rings is 1. The molecular weight excluding hydrogens is 397 g/mol. The van der Waals surface area contributed by atoms with Crippen LogP contribution in [0.1, 0.15) is 41.6 Å². The summed E-state index contributed by atoms with van der Waals surface area (Å²) in [6, 6.07) is 8.44. The second-order valence-electron chi connectivity index (χ2n) is 8.45. The highest BCUT2D eigenvalue weighted by Crippen LogP contribution is 2.38. The number of nitrogens with two attached hydrogens (primary N) is 1. The van der Waals surface area contributed by atoms with Crippen LogP contribution >= 0.6 is 0 Å². The molecule has 0 radical (unpaired) electrons. The molecule has 5 rings (SSSR count). The van der Waals surface area contributed by atoms with Crippen LogP contribution in [0, 0.1) is 5.82 Å². The zero-order valence-corrected chi connectivity index (χ0v) is 17.0. The maximum Gasteiger partial charge on any atom is 0.252 e. The first kappa shape index (κ1) is 19.5. The standard InChI is InChI=1S/C23H24FN5O2/c24-14-3-1-13(2-4-14)9-20(30)29-16-5-6-17(29)11-15(10-16)28-21-18-7-8-26-23(18)27-12-19(21)22(25)31/h1-4,7-8,12,15-17H,5-6,9-11H2,(H2,25,31)(H2,26,27,28)/t15?,16-,17+. The number of nitrogens with one attached hydrogen (secondary N) is 2. The second-order valence-corrected chi connectivity index (χ2v) is 8.45. The summed E-state index contributed by atoms with van der Waals surface area (Å²) in [5.74, 6) is -0.730. The number of carbonyl (C=O) groups is 2. The van der Waals surface area contributed by atoms with Crippen molar-refractivity contribution >= 4 is 28.5 Å². The Bertz CT molecular complexity index is 1130. The summed E-state index contributed by atoms with van der Waals surface area (Å²) in [6.07, 6.45) is 7.11. The highest BCUT2D eigenvalue weighted by atomic mass is 19.1. The molecule has 2 aliphatic heterocycles. The van der Waals surface area contributed by atoms with E-state index in [1.54, 1.807) is 18.3 Å². The third-order valence-electron chi connectivity index (χ3n) is 6.49. The number of halogens is 1. The highest BCUT2D eigenvalue weighted by molar-refractivity contribution is 6.06. The molecule has 0 spiro atoms. The molecule has 8 heteroatoms. The topological polar surface area (TPSA) is 104 Å². The summed E-state index contributed by atoms with van der Waals surface area (Å²) < 4.78 is 13.2. The minimum absolute atomic E-state index is 0.0901. The number of nitrogens with zero attached hydrogens (tertiary/aromatic N) is 2. The molecule has 4 heterocycles. The molecule has 2 bridgehead atoms. The van der Waals surface area contributed by atoms with Gasteiger partial charge in [0.2, 0.25) is 5.91 Å². The molecule has 2 aliphatic rings. The number of amides is 2. The van der Waals surface area contributed by atoms with Gasteiger partial charge < -0.3 is 20.9 Å². The number of hydrogen-bond donors (Lipinski definition) is 3. The van der Waals surface area contributed by atoms with Crippen molar-refractivity contribution in [2.24, 2.45) is 5.73 Å². The van der Waals surface area contributed by atoms with Gasteiger partial charge in [-0.2, -0.15) is 0 Å². The van der Waals surface area contributed by atoms with Crippen molar-refractivity contribution in [3.05, 3.63) is 59.7 Å². The number of carbonyl (C=O) groups excluding carboxylic acids is 2. The van der Waals surface area contributed by atoms with E-state index in [1.165, 1.54) is 18.3 Å². The van der Waals surface area contributed by atoms with Gasteiger partial charge in [0, 0.05) is 35.9 Å². The Morgan fingerprint density at radius 3 is 2.55 bits per heavy atom. The summed E-state index contributed by atoms with van der Waals surface area (Å²) in [5, 5.41) is 4.37. The summed E-state index contributed by atoms with van der Waals surface area (Å²) in [7, 11) is 0. The van der Waals surface area contributed by atoms with Crippen LogP contribution in [0.5, 0.6) is 0 Å². The maximum atomic E-state index is 13.2. The van der Waals surface area contributed by atoms with Crippen LogP contribution < -0.4 is 11.1 Å². The molecule has 160 valence electrons. The van der Waals surface area contributed by atoms with Crippen LogP contribution in [0.15, 0.2) is 42.7 Å². The maximum absolute atomic E-state index is 13.2. The van der Waals surface area contributed by atoms with Crippen molar-refractivity contribution in [2.75, 3.05) is 5.32 Å². The van der Waals surface area contributed by atoms with Crippen molar-refractivity contribution in [3.63, 3.8) is 0 Å². The van der Waals surface area contributed by atoms with Gasteiger partial charge in [0.15, 0.2) is 0 Å². The van der Waals surface area contributed by atoms with E-state index in [1.807, 2.05) is 11.0 Å². The number of fused-ring (bicyclic) bond motifs is 3. The normalized spacial score (nSPS) is 22.6. The van der Waals surface area contributed by atoms with Gasteiger partial charge in [-0.1, -0.05) is 12.1 Å². The molecule has 2 saturated heterocycles. The van der Waals surface area contributed by atoms with Crippen molar-refractivity contribution in [1.29, 1.82) is 0 Å². The smallest absolute Gasteiger partial charge is 0.252 e. The van der Waals surface area contributed by atoms with Crippen LogP contribution in [0.25, 0.3) is 11.0 Å². The molecule has 31 heavy (non-hydrogen) atoms. The largest absolute Gasteiger partial charge is 0.381 e. The SMILES string of the molecule is NC(=O)c1cnc2[nH]ccc2c1NC1C[C@H]2CC[C@@H](C1)N2C(=O)Cc1ccc(F)cc1. The quantitative estimate of drug-likeness (QED) is 0.589. The molecule has 1 aromatic carbocycles. The van der Waals surface area contributed by atoms with E-state index >= 15 is 0 Å². The Hall–Kier alpha value is -3.42. The minimum Gasteiger partial charge on any atom is -0.381 e. The third-order valence-corrected chi connectivity index (χ3v) is 6.49. The van der Waals surface area contributed by atoms with Crippen LogP contribution in [0.2, 0.25) is 0 Å². The summed E-state index contributed by atoms with van der Waals surface area (Å²) in [6.45, 7) is 0. The molecule has 2 aromatic heterocycles. The average molecular weight is 421 g/mol. The Kier molecular flexibility index (Phi) is 4.84. The highest BCUT2D eigenvalue weighted by Gasteiger charge is 2.43. The van der Waals surface area contributed by atoms with Crippen LogP contribution in [0.4, 0.5) is 10.1 Å². The molecule has 4 N–H and O–H groups in total. The summed E-state index contributed by atoms with van der Waals surface area (Å²) in [4.78, 5) is 34.3. The molecule has 1 unspecified atom stereocenters. The molecule has 0 aliphatic carbocycles. The van der Waals surface area contributed by atoms with Crippen molar-refractivity contribution in [1.82, 2.24) is 14.9 Å². The number of pyridine rings is 1. The first-order valence-electron chi connectivity index (χ1n) is 10.6. The van der Waals surface area contributed by atoms with Gasteiger partial charge in [-0.15, -0.1) is 0 Å². The number of hydrogen-bond acceptors (Lipinski definition) is 4. The van der Waals surface area contributed by atoms with E-state index in [9.17, 15) is 14.0 Å².